The normalized spacial score (nSPS) is 25.6. The number of nitrogens with one attached hydrogen (secondary N) is 1. The third-order valence-electron chi connectivity index (χ3n) is 4.60. The van der Waals surface area contributed by atoms with Crippen molar-refractivity contribution >= 4 is 6.41 Å². The highest BCUT2D eigenvalue weighted by Gasteiger charge is 2.19. The van der Waals surface area contributed by atoms with Crippen molar-refractivity contribution < 1.29 is 9.53 Å². The molecule has 0 radical (unpaired) electrons. The van der Waals surface area contributed by atoms with Crippen LogP contribution in [0.3, 0.4) is 0 Å². The molecule has 1 unspecified atom stereocenters. The number of hydrogen-bond donors (Lipinski definition) is 1. The second kappa shape index (κ2) is 8.54. The first-order valence-electron chi connectivity index (χ1n) is 7.85. The molecule has 0 spiro atoms. The van der Waals surface area contributed by atoms with Crippen LogP contribution < -0.4 is 5.32 Å². The number of rotatable bonds is 8. The van der Waals surface area contributed by atoms with Gasteiger partial charge < -0.3 is 15.0 Å². The Bertz CT molecular complexity index is 247. The molecule has 2 fully saturated rings. The lowest BCUT2D eigenvalue weighted by Crippen LogP contribution is -2.35. The van der Waals surface area contributed by atoms with E-state index in [0.717, 1.165) is 44.4 Å². The van der Waals surface area contributed by atoms with Crippen molar-refractivity contribution in [1.82, 2.24) is 10.2 Å². The summed E-state index contributed by atoms with van der Waals surface area (Å²) in [6.45, 7) is 6.56. The first-order valence-corrected chi connectivity index (χ1v) is 7.85. The van der Waals surface area contributed by atoms with E-state index < -0.39 is 0 Å². The maximum atomic E-state index is 10.2. The molecule has 0 saturated carbocycles. The molecular weight excluding hydrogens is 240 g/mol. The summed E-state index contributed by atoms with van der Waals surface area (Å²) in [7, 11) is 0. The minimum absolute atomic E-state index is 0.807. The van der Waals surface area contributed by atoms with E-state index >= 15 is 0 Å². The molecule has 0 bridgehead atoms. The summed E-state index contributed by atoms with van der Waals surface area (Å²) >= 11 is 0. The zero-order chi connectivity index (χ0) is 13.3. The predicted octanol–water partition coefficient (Wildman–Crippen LogP) is 1.65. The summed E-state index contributed by atoms with van der Waals surface area (Å²) < 4.78 is 5.42. The lowest BCUT2D eigenvalue weighted by atomic mass is 9.93. The van der Waals surface area contributed by atoms with Gasteiger partial charge in [-0.3, -0.25) is 4.79 Å². The standard InChI is InChI=1S/C15H28N2O2/c18-13-16-7-3-14-4-9-17(10-5-14)8-1-2-15-6-11-19-12-15/h13-15H,1-12H2,(H,16,18). The van der Waals surface area contributed by atoms with E-state index in [4.69, 9.17) is 4.74 Å². The van der Waals surface area contributed by atoms with Crippen molar-refractivity contribution in [2.24, 2.45) is 11.8 Å². The number of piperidine rings is 1. The van der Waals surface area contributed by atoms with E-state index in [1.165, 1.54) is 51.7 Å². The van der Waals surface area contributed by atoms with Crippen molar-refractivity contribution in [3.63, 3.8) is 0 Å². The molecule has 1 atom stereocenters. The van der Waals surface area contributed by atoms with E-state index in [2.05, 4.69) is 10.2 Å². The number of likely N-dealkylation sites (tertiary alicyclic amines) is 1. The van der Waals surface area contributed by atoms with E-state index in [1.807, 2.05) is 0 Å². The Morgan fingerprint density at radius 1 is 1.16 bits per heavy atom. The van der Waals surface area contributed by atoms with Crippen LogP contribution in [-0.2, 0) is 9.53 Å². The van der Waals surface area contributed by atoms with Crippen molar-refractivity contribution in [3.8, 4) is 0 Å². The summed E-state index contributed by atoms with van der Waals surface area (Å²) in [6, 6.07) is 0. The van der Waals surface area contributed by atoms with Gasteiger partial charge in [0, 0.05) is 19.8 Å². The molecule has 0 aliphatic carbocycles. The fourth-order valence-corrected chi connectivity index (χ4v) is 3.26. The fraction of sp³-hybridized carbons (Fsp3) is 0.933. The molecule has 0 aromatic rings. The first kappa shape index (κ1) is 14.8. The Labute approximate surface area is 116 Å². The molecule has 4 heteroatoms. The topological polar surface area (TPSA) is 41.6 Å². The van der Waals surface area contributed by atoms with E-state index in [0.29, 0.717) is 0 Å². The Morgan fingerprint density at radius 3 is 2.68 bits per heavy atom. The molecule has 2 aliphatic heterocycles. The maximum absolute atomic E-state index is 10.2. The second-order valence-corrected chi connectivity index (χ2v) is 6.02. The number of carbonyl (C=O) groups is 1. The van der Waals surface area contributed by atoms with E-state index in [9.17, 15) is 4.79 Å². The zero-order valence-corrected chi connectivity index (χ0v) is 12.0. The van der Waals surface area contributed by atoms with Crippen molar-refractivity contribution in [1.29, 1.82) is 0 Å². The maximum Gasteiger partial charge on any atom is 0.207 e. The van der Waals surface area contributed by atoms with Crippen molar-refractivity contribution in [3.05, 3.63) is 0 Å². The largest absolute Gasteiger partial charge is 0.381 e. The molecule has 0 aromatic carbocycles. The van der Waals surface area contributed by atoms with Crippen molar-refractivity contribution in [2.45, 2.75) is 38.5 Å². The summed E-state index contributed by atoms with van der Waals surface area (Å²) in [6.07, 6.45) is 8.48. The van der Waals surface area contributed by atoms with Crippen LogP contribution in [0.1, 0.15) is 38.5 Å². The van der Waals surface area contributed by atoms with Gasteiger partial charge in [0.1, 0.15) is 0 Å². The van der Waals surface area contributed by atoms with E-state index in [-0.39, 0.29) is 0 Å². The minimum Gasteiger partial charge on any atom is -0.381 e. The van der Waals surface area contributed by atoms with Gasteiger partial charge in [-0.1, -0.05) is 0 Å². The monoisotopic (exact) mass is 268 g/mol. The molecular formula is C15H28N2O2. The second-order valence-electron chi connectivity index (χ2n) is 6.02. The Kier molecular flexibility index (Phi) is 6.65. The van der Waals surface area contributed by atoms with Gasteiger partial charge >= 0.3 is 0 Å². The highest BCUT2D eigenvalue weighted by Crippen LogP contribution is 2.22. The molecule has 1 N–H and O–H groups in total. The van der Waals surface area contributed by atoms with Gasteiger partial charge in [-0.15, -0.1) is 0 Å². The summed E-state index contributed by atoms with van der Waals surface area (Å²) in [4.78, 5) is 12.8. The molecule has 2 saturated heterocycles. The highest BCUT2D eigenvalue weighted by atomic mass is 16.5. The third kappa shape index (κ3) is 5.49. The molecule has 2 heterocycles. The molecule has 4 nitrogen and oxygen atoms in total. The quantitative estimate of drug-likeness (QED) is 0.537. The van der Waals surface area contributed by atoms with Crippen LogP contribution in [0, 0.1) is 11.8 Å². The number of ether oxygens (including phenoxy) is 1. The molecule has 110 valence electrons. The van der Waals surface area contributed by atoms with E-state index in [1.54, 1.807) is 0 Å². The van der Waals surface area contributed by atoms with Gasteiger partial charge in [-0.25, -0.2) is 0 Å². The van der Waals surface area contributed by atoms with Crippen LogP contribution in [0.2, 0.25) is 0 Å². The summed E-state index contributed by atoms with van der Waals surface area (Å²) in [5.41, 5.74) is 0. The number of hydrogen-bond acceptors (Lipinski definition) is 3. The number of carbonyl (C=O) groups excluding carboxylic acids is 1. The molecule has 1 amide bonds. The average molecular weight is 268 g/mol. The predicted molar refractivity (Wildman–Crippen MR) is 76.0 cm³/mol. The van der Waals surface area contributed by atoms with Gasteiger partial charge in [0.05, 0.1) is 0 Å². The van der Waals surface area contributed by atoms with Gasteiger partial charge in [-0.05, 0) is 70.0 Å². The summed E-state index contributed by atoms with van der Waals surface area (Å²) in [5.74, 6) is 1.64. The average Bonchev–Trinajstić information content (AvgIpc) is 2.94. The van der Waals surface area contributed by atoms with Crippen LogP contribution >= 0.6 is 0 Å². The summed E-state index contributed by atoms with van der Waals surface area (Å²) in [5, 5.41) is 2.77. The SMILES string of the molecule is O=CNCCC1CCN(CCCC2CCOC2)CC1. The Balaban J connectivity index is 1.49. The highest BCUT2D eigenvalue weighted by molar-refractivity contribution is 5.45. The van der Waals surface area contributed by atoms with Crippen LogP contribution in [0.15, 0.2) is 0 Å². The van der Waals surface area contributed by atoms with Crippen LogP contribution in [-0.4, -0.2) is 50.7 Å². The lowest BCUT2D eigenvalue weighted by Gasteiger charge is -2.32. The number of nitrogens with zero attached hydrogens (tertiary/aromatic N) is 1. The van der Waals surface area contributed by atoms with Crippen LogP contribution in [0.25, 0.3) is 0 Å². The van der Waals surface area contributed by atoms with Gasteiger partial charge in [0.25, 0.3) is 0 Å². The van der Waals surface area contributed by atoms with Crippen LogP contribution in [0.4, 0.5) is 0 Å². The van der Waals surface area contributed by atoms with Gasteiger partial charge in [-0.2, -0.15) is 0 Å². The van der Waals surface area contributed by atoms with Crippen LogP contribution in [0.5, 0.6) is 0 Å². The first-order chi connectivity index (χ1) is 9.38. The lowest BCUT2D eigenvalue weighted by molar-refractivity contribution is -0.109. The molecule has 0 aromatic heterocycles. The third-order valence-corrected chi connectivity index (χ3v) is 4.60. The number of amides is 1. The Morgan fingerprint density at radius 2 is 2.00 bits per heavy atom. The minimum atomic E-state index is 0.807. The van der Waals surface area contributed by atoms with Gasteiger partial charge in [0.2, 0.25) is 6.41 Å². The van der Waals surface area contributed by atoms with Crippen molar-refractivity contribution in [2.75, 3.05) is 39.4 Å². The zero-order valence-electron chi connectivity index (χ0n) is 12.0. The molecule has 2 aliphatic rings. The Hall–Kier alpha value is -0.610. The molecule has 19 heavy (non-hydrogen) atoms. The molecule has 2 rings (SSSR count). The fourth-order valence-electron chi connectivity index (χ4n) is 3.26. The smallest absolute Gasteiger partial charge is 0.207 e. The van der Waals surface area contributed by atoms with Gasteiger partial charge in [0.15, 0.2) is 0 Å².